The Kier molecular flexibility index (Phi) is 4.06. The van der Waals surface area contributed by atoms with Gasteiger partial charge in [-0.3, -0.25) is 14.9 Å². The van der Waals surface area contributed by atoms with E-state index in [1.807, 2.05) is 0 Å². The van der Waals surface area contributed by atoms with Gasteiger partial charge in [0.25, 0.3) is 0 Å². The van der Waals surface area contributed by atoms with Crippen molar-refractivity contribution in [3.05, 3.63) is 22.1 Å². The first-order valence-corrected chi connectivity index (χ1v) is 6.80. The van der Waals surface area contributed by atoms with Crippen molar-refractivity contribution >= 4 is 17.5 Å². The molecule has 0 radical (unpaired) electrons. The van der Waals surface area contributed by atoms with E-state index in [4.69, 9.17) is 0 Å². The van der Waals surface area contributed by atoms with Gasteiger partial charge < -0.3 is 10.4 Å². The number of nitrogens with zero attached hydrogens (tertiary/aromatic N) is 3. The minimum absolute atomic E-state index is 0.00887. The van der Waals surface area contributed by atoms with Crippen molar-refractivity contribution in [3.63, 3.8) is 0 Å². The van der Waals surface area contributed by atoms with Gasteiger partial charge >= 0.3 is 11.7 Å². The lowest BCUT2D eigenvalue weighted by molar-refractivity contribution is -0.384. The molecule has 0 atom stereocenters. The van der Waals surface area contributed by atoms with Crippen LogP contribution in [0.25, 0.3) is 0 Å². The van der Waals surface area contributed by atoms with Gasteiger partial charge in [-0.2, -0.15) is 0 Å². The number of carboxylic acid groups (broad SMARTS) is 1. The molecule has 2 N–H and O–H groups in total. The van der Waals surface area contributed by atoms with Crippen LogP contribution in [-0.4, -0.2) is 32.0 Å². The molecular formula is C13H18N4O4. The van der Waals surface area contributed by atoms with E-state index in [0.29, 0.717) is 31.5 Å². The van der Waals surface area contributed by atoms with Crippen molar-refractivity contribution in [2.24, 2.45) is 5.41 Å². The molecule has 0 aromatic carbocycles. The van der Waals surface area contributed by atoms with Gasteiger partial charge in [0.15, 0.2) is 0 Å². The lowest BCUT2D eigenvalue weighted by Crippen LogP contribution is -2.37. The number of aromatic nitrogens is 2. The fraction of sp³-hybridized carbons (Fsp3) is 0.615. The quantitative estimate of drug-likeness (QED) is 0.645. The van der Waals surface area contributed by atoms with Crippen LogP contribution in [0.15, 0.2) is 6.20 Å². The number of hydrogen-bond donors (Lipinski definition) is 2. The van der Waals surface area contributed by atoms with E-state index in [2.05, 4.69) is 15.3 Å². The number of hydrogen-bond acceptors (Lipinski definition) is 6. The third kappa shape index (κ3) is 3.26. The van der Waals surface area contributed by atoms with Crippen molar-refractivity contribution < 1.29 is 14.8 Å². The van der Waals surface area contributed by atoms with Crippen LogP contribution in [0.4, 0.5) is 11.5 Å². The minimum atomic E-state index is -0.787. The van der Waals surface area contributed by atoms with Gasteiger partial charge in [-0.05, 0) is 39.5 Å². The molecule has 1 fully saturated rings. The molecule has 21 heavy (non-hydrogen) atoms. The summed E-state index contributed by atoms with van der Waals surface area (Å²) in [4.78, 5) is 29.6. The first-order chi connectivity index (χ1) is 9.82. The van der Waals surface area contributed by atoms with E-state index in [1.54, 1.807) is 13.8 Å². The van der Waals surface area contributed by atoms with Gasteiger partial charge in [0.1, 0.15) is 12.0 Å². The number of carbonyl (C=O) groups is 1. The van der Waals surface area contributed by atoms with Gasteiger partial charge in [0.2, 0.25) is 5.82 Å². The van der Waals surface area contributed by atoms with Crippen molar-refractivity contribution in [1.82, 2.24) is 9.97 Å². The molecule has 0 unspecified atom stereocenters. The first-order valence-electron chi connectivity index (χ1n) is 6.80. The number of rotatable bonds is 4. The maximum atomic E-state index is 11.2. The molecule has 1 aliphatic carbocycles. The van der Waals surface area contributed by atoms with Gasteiger partial charge in [-0.25, -0.2) is 9.97 Å². The van der Waals surface area contributed by atoms with Crippen LogP contribution in [-0.2, 0) is 4.79 Å². The smallest absolute Gasteiger partial charge is 0.329 e. The highest BCUT2D eigenvalue weighted by Gasteiger charge is 2.38. The standard InChI is InChI=1S/C13H18N4O4/c1-8-14-7-10(17(20)21)11(15-8)16-9-3-5-13(2,6-4-9)12(18)19/h7,9H,3-6H2,1-2H3,(H,18,19)(H,14,15,16). The Labute approximate surface area is 121 Å². The van der Waals surface area contributed by atoms with Gasteiger partial charge in [0.05, 0.1) is 10.3 Å². The highest BCUT2D eigenvalue weighted by molar-refractivity contribution is 5.74. The van der Waals surface area contributed by atoms with Crippen LogP contribution < -0.4 is 5.32 Å². The van der Waals surface area contributed by atoms with Crippen LogP contribution in [0.5, 0.6) is 0 Å². The van der Waals surface area contributed by atoms with Crippen LogP contribution in [0, 0.1) is 22.5 Å². The Hall–Kier alpha value is -2.25. The molecule has 8 nitrogen and oxygen atoms in total. The second kappa shape index (κ2) is 5.63. The zero-order chi connectivity index (χ0) is 15.6. The SMILES string of the molecule is Cc1ncc([N+](=O)[O-])c(NC2CCC(C)(C(=O)O)CC2)n1. The van der Waals surface area contributed by atoms with Crippen molar-refractivity contribution in [2.75, 3.05) is 5.32 Å². The molecule has 0 amide bonds. The topological polar surface area (TPSA) is 118 Å². The molecule has 8 heteroatoms. The molecule has 0 saturated heterocycles. The molecule has 114 valence electrons. The summed E-state index contributed by atoms with van der Waals surface area (Å²) in [6.07, 6.45) is 3.55. The maximum Gasteiger partial charge on any atom is 0.329 e. The zero-order valence-corrected chi connectivity index (χ0v) is 12.0. The third-order valence-electron chi connectivity index (χ3n) is 4.03. The number of carboxylic acids is 1. The summed E-state index contributed by atoms with van der Waals surface area (Å²) in [5.41, 5.74) is -0.863. The van der Waals surface area contributed by atoms with Gasteiger partial charge in [-0.1, -0.05) is 0 Å². The number of aryl methyl sites for hydroxylation is 1. The number of anilines is 1. The largest absolute Gasteiger partial charge is 0.481 e. The van der Waals surface area contributed by atoms with Crippen molar-refractivity contribution in [2.45, 2.75) is 45.6 Å². The highest BCUT2D eigenvalue weighted by atomic mass is 16.6. The molecule has 1 aromatic rings. The Morgan fingerprint density at radius 2 is 2.14 bits per heavy atom. The Morgan fingerprint density at radius 1 is 1.52 bits per heavy atom. The second-order valence-electron chi connectivity index (χ2n) is 5.69. The van der Waals surface area contributed by atoms with Crippen LogP contribution in [0.1, 0.15) is 38.4 Å². The average molecular weight is 294 g/mol. The molecule has 0 aliphatic heterocycles. The number of aliphatic carboxylic acids is 1. The Balaban J connectivity index is 2.09. The Bertz CT molecular complexity index is 567. The maximum absolute atomic E-state index is 11.2. The molecule has 1 aliphatic rings. The first kappa shape index (κ1) is 15.1. The van der Waals surface area contributed by atoms with Crippen LogP contribution >= 0.6 is 0 Å². The molecular weight excluding hydrogens is 276 g/mol. The summed E-state index contributed by atoms with van der Waals surface area (Å²) in [5.74, 6) is -0.129. The van der Waals surface area contributed by atoms with E-state index in [1.165, 1.54) is 6.20 Å². The molecule has 1 saturated carbocycles. The molecule has 0 spiro atoms. The summed E-state index contributed by atoms with van der Waals surface area (Å²) in [7, 11) is 0. The summed E-state index contributed by atoms with van der Waals surface area (Å²) >= 11 is 0. The molecule has 1 heterocycles. The summed E-state index contributed by atoms with van der Waals surface area (Å²) < 4.78 is 0. The number of nitro groups is 1. The predicted octanol–water partition coefficient (Wildman–Crippen LogP) is 2.14. The summed E-state index contributed by atoms with van der Waals surface area (Å²) in [5, 5.41) is 23.2. The summed E-state index contributed by atoms with van der Waals surface area (Å²) in [6, 6.07) is -0.00887. The van der Waals surface area contributed by atoms with E-state index < -0.39 is 16.3 Å². The van der Waals surface area contributed by atoms with Crippen LogP contribution in [0.2, 0.25) is 0 Å². The van der Waals surface area contributed by atoms with E-state index >= 15 is 0 Å². The predicted molar refractivity (Wildman–Crippen MR) is 75.0 cm³/mol. The second-order valence-corrected chi connectivity index (χ2v) is 5.69. The lowest BCUT2D eigenvalue weighted by Gasteiger charge is -2.34. The number of nitrogens with one attached hydrogen (secondary N) is 1. The van der Waals surface area contributed by atoms with Crippen molar-refractivity contribution in [3.8, 4) is 0 Å². The van der Waals surface area contributed by atoms with E-state index in [-0.39, 0.29) is 17.5 Å². The normalized spacial score (nSPS) is 25.3. The van der Waals surface area contributed by atoms with Gasteiger partial charge in [0, 0.05) is 6.04 Å². The monoisotopic (exact) mass is 294 g/mol. The highest BCUT2D eigenvalue weighted by Crippen LogP contribution is 2.37. The fourth-order valence-electron chi connectivity index (χ4n) is 2.51. The Morgan fingerprint density at radius 3 is 2.67 bits per heavy atom. The lowest BCUT2D eigenvalue weighted by atomic mass is 9.74. The van der Waals surface area contributed by atoms with Crippen LogP contribution in [0.3, 0.4) is 0 Å². The average Bonchev–Trinajstić information content (AvgIpc) is 2.41. The van der Waals surface area contributed by atoms with Crippen molar-refractivity contribution in [1.29, 1.82) is 0 Å². The zero-order valence-electron chi connectivity index (χ0n) is 12.0. The third-order valence-corrected chi connectivity index (χ3v) is 4.03. The summed E-state index contributed by atoms with van der Waals surface area (Å²) in [6.45, 7) is 3.40. The molecule has 1 aromatic heterocycles. The molecule has 0 bridgehead atoms. The van der Waals surface area contributed by atoms with E-state index in [0.717, 1.165) is 0 Å². The van der Waals surface area contributed by atoms with Gasteiger partial charge in [-0.15, -0.1) is 0 Å². The molecule has 2 rings (SSSR count). The van der Waals surface area contributed by atoms with E-state index in [9.17, 15) is 20.0 Å². The minimum Gasteiger partial charge on any atom is -0.481 e. The fourth-order valence-corrected chi connectivity index (χ4v) is 2.51.